The number of hydrogen-bond donors (Lipinski definition) is 1. The molecule has 1 unspecified atom stereocenters. The molecule has 0 amide bonds. The van der Waals surface area contributed by atoms with Crippen molar-refractivity contribution in [2.75, 3.05) is 6.61 Å². The average molecular weight is 326 g/mol. The molecule has 0 aromatic heterocycles. The lowest BCUT2D eigenvalue weighted by Crippen LogP contribution is -2.24. The summed E-state index contributed by atoms with van der Waals surface area (Å²) in [5.74, 6) is 1.09. The van der Waals surface area contributed by atoms with Crippen LogP contribution >= 0.6 is 15.9 Å². The van der Waals surface area contributed by atoms with Crippen LogP contribution in [0, 0.1) is 0 Å². The number of ketones is 1. The Labute approximate surface area is 122 Å². The summed E-state index contributed by atoms with van der Waals surface area (Å²) in [5, 5.41) is 0. The normalized spacial score (nSPS) is 14.9. The van der Waals surface area contributed by atoms with Gasteiger partial charge in [-0.05, 0) is 24.1 Å². The second-order valence-corrected chi connectivity index (χ2v) is 6.04. The van der Waals surface area contributed by atoms with Gasteiger partial charge in [-0.2, -0.15) is 0 Å². The zero-order valence-corrected chi connectivity index (χ0v) is 12.8. The first-order valence-corrected chi connectivity index (χ1v) is 7.60. The number of carbonyl (C=O) groups is 1. The van der Waals surface area contributed by atoms with Crippen molar-refractivity contribution in [2.45, 2.75) is 45.1 Å². The predicted molar refractivity (Wildman–Crippen MR) is 79.6 cm³/mol. The van der Waals surface area contributed by atoms with Gasteiger partial charge in [-0.3, -0.25) is 4.79 Å². The molecule has 1 aliphatic rings. The Kier molecular flexibility index (Phi) is 4.99. The summed E-state index contributed by atoms with van der Waals surface area (Å²) in [7, 11) is 0. The van der Waals surface area contributed by atoms with E-state index in [-0.39, 0.29) is 11.8 Å². The molecular formula is C15H20BrNO2. The average Bonchev–Trinajstić information content (AvgIpc) is 2.76. The summed E-state index contributed by atoms with van der Waals surface area (Å²) in [5.41, 5.74) is 8.09. The minimum Gasteiger partial charge on any atom is -0.493 e. The smallest absolute Gasteiger partial charge is 0.138 e. The van der Waals surface area contributed by atoms with Gasteiger partial charge < -0.3 is 10.5 Å². The largest absolute Gasteiger partial charge is 0.493 e. The molecule has 1 atom stereocenters. The number of nitrogens with two attached hydrogens (primary N) is 1. The molecule has 104 valence electrons. The molecule has 2 N–H and O–H groups in total. The van der Waals surface area contributed by atoms with Gasteiger partial charge >= 0.3 is 0 Å². The number of benzene rings is 1. The van der Waals surface area contributed by atoms with E-state index in [0.29, 0.717) is 19.4 Å². The van der Waals surface area contributed by atoms with E-state index >= 15 is 0 Å². The Morgan fingerprint density at radius 2 is 2.32 bits per heavy atom. The quantitative estimate of drug-likeness (QED) is 0.874. The summed E-state index contributed by atoms with van der Waals surface area (Å²) in [4.78, 5) is 12.1. The molecule has 3 nitrogen and oxygen atoms in total. The van der Waals surface area contributed by atoms with E-state index in [9.17, 15) is 4.79 Å². The van der Waals surface area contributed by atoms with Crippen molar-refractivity contribution in [3.8, 4) is 5.75 Å². The van der Waals surface area contributed by atoms with Crippen molar-refractivity contribution in [2.24, 2.45) is 5.73 Å². The molecule has 4 heteroatoms. The molecule has 1 heterocycles. The van der Waals surface area contributed by atoms with Crippen LogP contribution in [0.3, 0.4) is 0 Å². The summed E-state index contributed by atoms with van der Waals surface area (Å²) in [6.45, 7) is 2.79. The van der Waals surface area contributed by atoms with Crippen molar-refractivity contribution >= 4 is 21.7 Å². The molecule has 1 aromatic carbocycles. The zero-order valence-electron chi connectivity index (χ0n) is 11.2. The Morgan fingerprint density at radius 3 is 3.05 bits per heavy atom. The van der Waals surface area contributed by atoms with Crippen molar-refractivity contribution in [1.82, 2.24) is 0 Å². The molecule has 0 bridgehead atoms. The van der Waals surface area contributed by atoms with Gasteiger partial charge in [-0.25, -0.2) is 0 Å². The molecule has 1 aromatic rings. The van der Waals surface area contributed by atoms with Gasteiger partial charge in [-0.1, -0.05) is 29.3 Å². The Hall–Kier alpha value is -0.870. The van der Waals surface area contributed by atoms with Crippen molar-refractivity contribution in [3.05, 3.63) is 27.7 Å². The molecule has 0 saturated heterocycles. The number of rotatable bonds is 6. The summed E-state index contributed by atoms with van der Waals surface area (Å²) in [6.07, 6.45) is 3.71. The third-order valence-electron chi connectivity index (χ3n) is 3.36. The lowest BCUT2D eigenvalue weighted by atomic mass is 9.99. The topological polar surface area (TPSA) is 52.3 Å². The van der Waals surface area contributed by atoms with E-state index in [4.69, 9.17) is 10.5 Å². The van der Waals surface area contributed by atoms with Crippen LogP contribution in [0.4, 0.5) is 0 Å². The second kappa shape index (κ2) is 6.53. The molecule has 19 heavy (non-hydrogen) atoms. The van der Waals surface area contributed by atoms with Crippen LogP contribution in [0.1, 0.15) is 37.3 Å². The zero-order chi connectivity index (χ0) is 13.8. The van der Waals surface area contributed by atoms with Crippen LogP contribution in [0.2, 0.25) is 0 Å². The minimum absolute atomic E-state index is 0.0152. The van der Waals surface area contributed by atoms with Gasteiger partial charge in [-0.15, -0.1) is 0 Å². The highest BCUT2D eigenvalue weighted by molar-refractivity contribution is 9.10. The maximum absolute atomic E-state index is 12.1. The first kappa shape index (κ1) is 14.5. The van der Waals surface area contributed by atoms with Crippen LogP contribution in [0.25, 0.3) is 0 Å². The van der Waals surface area contributed by atoms with Crippen LogP contribution < -0.4 is 10.5 Å². The number of hydrogen-bond acceptors (Lipinski definition) is 3. The van der Waals surface area contributed by atoms with Crippen LogP contribution in [-0.4, -0.2) is 18.4 Å². The van der Waals surface area contributed by atoms with Crippen molar-refractivity contribution < 1.29 is 9.53 Å². The van der Waals surface area contributed by atoms with E-state index in [1.54, 1.807) is 0 Å². The third kappa shape index (κ3) is 3.80. The summed E-state index contributed by atoms with van der Waals surface area (Å²) in [6, 6.07) is 4.03. The number of ether oxygens (including phenoxy) is 1. The molecule has 0 spiro atoms. The number of Topliss-reactive ketones (excluding diaryl/α,β-unsaturated/α-hetero) is 1. The van der Waals surface area contributed by atoms with Gasteiger partial charge in [0, 0.05) is 35.3 Å². The number of carbonyl (C=O) groups excluding carboxylic acids is 1. The van der Waals surface area contributed by atoms with E-state index in [1.165, 1.54) is 5.56 Å². The molecule has 0 fully saturated rings. The fraction of sp³-hybridized carbons (Fsp3) is 0.533. The molecule has 2 rings (SSSR count). The molecule has 0 saturated carbocycles. The van der Waals surface area contributed by atoms with Crippen molar-refractivity contribution in [1.29, 1.82) is 0 Å². The highest BCUT2D eigenvalue weighted by Crippen LogP contribution is 2.33. The SMILES string of the molecule is CCCC(N)CC(=O)Cc1cc(Br)cc2c1OCC2. The van der Waals surface area contributed by atoms with Crippen molar-refractivity contribution in [3.63, 3.8) is 0 Å². The standard InChI is InChI=1S/C15H20BrNO2/c1-2-3-13(17)9-14(18)8-11-7-12(16)6-10-4-5-19-15(10)11/h6-7,13H,2-5,8-9,17H2,1H3. The van der Waals surface area contributed by atoms with Gasteiger partial charge in [0.2, 0.25) is 0 Å². The minimum atomic E-state index is -0.0152. The lowest BCUT2D eigenvalue weighted by Gasteiger charge is -2.11. The lowest BCUT2D eigenvalue weighted by molar-refractivity contribution is -0.118. The fourth-order valence-electron chi connectivity index (χ4n) is 2.53. The molecule has 0 aliphatic carbocycles. The first-order valence-electron chi connectivity index (χ1n) is 6.81. The number of halogens is 1. The third-order valence-corrected chi connectivity index (χ3v) is 3.82. The Bertz CT molecular complexity index is 473. The Morgan fingerprint density at radius 1 is 1.53 bits per heavy atom. The summed E-state index contributed by atoms with van der Waals surface area (Å²) < 4.78 is 6.65. The predicted octanol–water partition coefficient (Wildman–Crippen LogP) is 3.01. The maximum Gasteiger partial charge on any atom is 0.138 e. The van der Waals surface area contributed by atoms with E-state index in [1.807, 2.05) is 6.07 Å². The first-order chi connectivity index (χ1) is 9.10. The van der Waals surface area contributed by atoms with Gasteiger partial charge in [0.05, 0.1) is 6.61 Å². The number of fused-ring (bicyclic) bond motifs is 1. The fourth-order valence-corrected chi connectivity index (χ4v) is 3.08. The molecular weight excluding hydrogens is 306 g/mol. The molecule has 1 aliphatic heterocycles. The van der Waals surface area contributed by atoms with E-state index in [0.717, 1.165) is 35.0 Å². The highest BCUT2D eigenvalue weighted by atomic mass is 79.9. The van der Waals surface area contributed by atoms with Crippen LogP contribution in [0.5, 0.6) is 5.75 Å². The van der Waals surface area contributed by atoms with Crippen LogP contribution in [-0.2, 0) is 17.6 Å². The maximum atomic E-state index is 12.1. The molecule has 0 radical (unpaired) electrons. The summed E-state index contributed by atoms with van der Waals surface area (Å²) >= 11 is 3.49. The second-order valence-electron chi connectivity index (χ2n) is 5.12. The highest BCUT2D eigenvalue weighted by Gasteiger charge is 2.19. The van der Waals surface area contributed by atoms with Crippen LogP contribution in [0.15, 0.2) is 16.6 Å². The van der Waals surface area contributed by atoms with Gasteiger partial charge in [0.25, 0.3) is 0 Å². The Balaban J connectivity index is 2.05. The van der Waals surface area contributed by atoms with Gasteiger partial charge in [0.15, 0.2) is 0 Å². The van der Waals surface area contributed by atoms with Gasteiger partial charge in [0.1, 0.15) is 11.5 Å². The monoisotopic (exact) mass is 325 g/mol. The van der Waals surface area contributed by atoms with E-state index < -0.39 is 0 Å². The van der Waals surface area contributed by atoms with E-state index in [2.05, 4.69) is 28.9 Å².